The first-order valence-corrected chi connectivity index (χ1v) is 9.77. The van der Waals surface area contributed by atoms with Crippen LogP contribution in [0, 0.1) is 34.5 Å². The van der Waals surface area contributed by atoms with E-state index in [9.17, 15) is 14.7 Å². The van der Waals surface area contributed by atoms with Crippen molar-refractivity contribution in [3.63, 3.8) is 0 Å². The van der Waals surface area contributed by atoms with Gasteiger partial charge in [-0.15, -0.1) is 0 Å². The fourth-order valence-corrected chi connectivity index (χ4v) is 7.20. The molecule has 1 N–H and O–H groups in total. The van der Waals surface area contributed by atoms with Gasteiger partial charge in [0.2, 0.25) is 0 Å². The summed E-state index contributed by atoms with van der Waals surface area (Å²) in [6.45, 7) is 4.42. The van der Waals surface area contributed by atoms with E-state index in [1.807, 2.05) is 6.08 Å². The van der Waals surface area contributed by atoms with E-state index in [2.05, 4.69) is 13.8 Å². The lowest BCUT2D eigenvalue weighted by Crippen LogP contribution is -2.51. The van der Waals surface area contributed by atoms with Crippen LogP contribution in [0.3, 0.4) is 0 Å². The molecule has 0 aromatic rings. The van der Waals surface area contributed by atoms with E-state index in [0.29, 0.717) is 30.0 Å². The summed E-state index contributed by atoms with van der Waals surface area (Å²) >= 11 is 0. The predicted octanol–water partition coefficient (Wildman–Crippen LogP) is 3.70. The number of aliphatic hydroxyl groups is 1. The monoisotopic (exact) mass is 330 g/mol. The van der Waals surface area contributed by atoms with Gasteiger partial charge in [-0.2, -0.15) is 0 Å². The number of carbonyl (C=O) groups is 2. The molecule has 0 aromatic carbocycles. The fourth-order valence-electron chi connectivity index (χ4n) is 7.20. The zero-order valence-corrected chi connectivity index (χ0v) is 15.0. The molecule has 6 atom stereocenters. The highest BCUT2D eigenvalue weighted by Gasteiger charge is 2.59. The standard InChI is InChI=1S/C21H30O3/c1-20-9-7-14(23)11-13(20)3-4-15-16-5-6-18(19(24)12-22)21(16,2)10-8-17(15)20/h11,15-18,22H,3-10,12H2,1-2H3/t15-,16-,17-,18+,20+,21+/m1/s1. The highest BCUT2D eigenvalue weighted by molar-refractivity contribution is 5.91. The number of hydrogen-bond donors (Lipinski definition) is 1. The van der Waals surface area contributed by atoms with E-state index in [4.69, 9.17) is 0 Å². The predicted molar refractivity (Wildman–Crippen MR) is 92.3 cm³/mol. The van der Waals surface area contributed by atoms with Crippen LogP contribution in [-0.4, -0.2) is 23.3 Å². The molecule has 0 heterocycles. The maximum Gasteiger partial charge on any atom is 0.161 e. The molecular formula is C21H30O3. The van der Waals surface area contributed by atoms with Gasteiger partial charge in [-0.1, -0.05) is 19.4 Å². The molecule has 24 heavy (non-hydrogen) atoms. The van der Waals surface area contributed by atoms with E-state index in [0.717, 1.165) is 32.1 Å². The fraction of sp³-hybridized carbons (Fsp3) is 0.810. The second-order valence-corrected chi connectivity index (χ2v) is 9.27. The van der Waals surface area contributed by atoms with Crippen LogP contribution >= 0.6 is 0 Å². The third kappa shape index (κ3) is 2.13. The van der Waals surface area contributed by atoms with Crippen LogP contribution in [0.4, 0.5) is 0 Å². The van der Waals surface area contributed by atoms with Crippen molar-refractivity contribution in [1.29, 1.82) is 0 Å². The number of carbonyl (C=O) groups excluding carboxylic acids is 2. The molecule has 132 valence electrons. The minimum atomic E-state index is -0.298. The van der Waals surface area contributed by atoms with Crippen LogP contribution in [0.5, 0.6) is 0 Å². The van der Waals surface area contributed by atoms with Gasteiger partial charge in [0.1, 0.15) is 6.61 Å². The summed E-state index contributed by atoms with van der Waals surface area (Å²) in [5.41, 5.74) is 1.70. The topological polar surface area (TPSA) is 54.4 Å². The Balaban J connectivity index is 1.65. The number of hydrogen-bond acceptors (Lipinski definition) is 3. The summed E-state index contributed by atoms with van der Waals surface area (Å²) in [4.78, 5) is 24.1. The lowest BCUT2D eigenvalue weighted by molar-refractivity contribution is -0.133. The lowest BCUT2D eigenvalue weighted by Gasteiger charge is -2.58. The van der Waals surface area contributed by atoms with E-state index >= 15 is 0 Å². The van der Waals surface area contributed by atoms with Crippen molar-refractivity contribution in [1.82, 2.24) is 0 Å². The normalized spacial score (nSPS) is 47.5. The van der Waals surface area contributed by atoms with Crippen molar-refractivity contribution in [3.8, 4) is 0 Å². The minimum absolute atomic E-state index is 0.0596. The van der Waals surface area contributed by atoms with Crippen LogP contribution in [0.25, 0.3) is 0 Å². The molecule has 4 aliphatic carbocycles. The maximum absolute atomic E-state index is 12.3. The Morgan fingerprint density at radius 1 is 1.12 bits per heavy atom. The molecule has 3 saturated carbocycles. The first kappa shape index (κ1) is 16.5. The van der Waals surface area contributed by atoms with Crippen LogP contribution in [0.2, 0.25) is 0 Å². The zero-order chi connectivity index (χ0) is 17.1. The van der Waals surface area contributed by atoms with Gasteiger partial charge in [0.15, 0.2) is 11.6 Å². The van der Waals surface area contributed by atoms with Gasteiger partial charge < -0.3 is 5.11 Å². The molecule has 0 aromatic heterocycles. The third-order valence-corrected chi connectivity index (χ3v) is 8.51. The maximum atomic E-state index is 12.3. The van der Waals surface area contributed by atoms with E-state index < -0.39 is 0 Å². The van der Waals surface area contributed by atoms with Gasteiger partial charge >= 0.3 is 0 Å². The molecule has 3 fully saturated rings. The number of aliphatic hydroxyl groups excluding tert-OH is 1. The van der Waals surface area contributed by atoms with Crippen molar-refractivity contribution in [2.24, 2.45) is 34.5 Å². The SMILES string of the molecule is C[C@]12CC[C@@H]3[C@H](CCC4=CC(=O)CC[C@@]43C)[C@H]1CC[C@H]2C(=O)CO. The molecule has 3 heteroatoms. The Morgan fingerprint density at radius 2 is 1.92 bits per heavy atom. The number of ketones is 2. The molecule has 0 saturated heterocycles. The molecular weight excluding hydrogens is 300 g/mol. The second kappa shape index (κ2) is 5.52. The molecule has 0 radical (unpaired) electrons. The van der Waals surface area contributed by atoms with Gasteiger partial charge in [0, 0.05) is 12.3 Å². The van der Waals surface area contributed by atoms with Gasteiger partial charge in [0.25, 0.3) is 0 Å². The van der Waals surface area contributed by atoms with Crippen molar-refractivity contribution in [3.05, 3.63) is 11.6 Å². The summed E-state index contributed by atoms with van der Waals surface area (Å²) in [5, 5.41) is 9.36. The Bertz CT molecular complexity index is 606. The average Bonchev–Trinajstić information content (AvgIpc) is 2.92. The summed E-state index contributed by atoms with van der Waals surface area (Å²) in [7, 11) is 0. The van der Waals surface area contributed by atoms with Crippen molar-refractivity contribution >= 4 is 11.6 Å². The van der Waals surface area contributed by atoms with Gasteiger partial charge in [-0.05, 0) is 79.6 Å². The molecule has 3 nitrogen and oxygen atoms in total. The lowest BCUT2D eigenvalue weighted by atomic mass is 9.46. The van der Waals surface area contributed by atoms with Crippen LogP contribution in [0.1, 0.15) is 65.2 Å². The van der Waals surface area contributed by atoms with Crippen LogP contribution in [-0.2, 0) is 9.59 Å². The van der Waals surface area contributed by atoms with Crippen molar-refractivity contribution in [2.75, 3.05) is 6.61 Å². The van der Waals surface area contributed by atoms with Gasteiger partial charge in [0.05, 0.1) is 0 Å². The molecule has 0 aliphatic heterocycles. The average molecular weight is 330 g/mol. The molecule has 0 bridgehead atoms. The van der Waals surface area contributed by atoms with Crippen LogP contribution in [0.15, 0.2) is 11.6 Å². The smallest absolute Gasteiger partial charge is 0.161 e. The number of fused-ring (bicyclic) bond motifs is 5. The van der Waals surface area contributed by atoms with Crippen molar-refractivity contribution in [2.45, 2.75) is 65.2 Å². The first-order chi connectivity index (χ1) is 11.4. The van der Waals surface area contributed by atoms with E-state index in [1.165, 1.54) is 18.4 Å². The van der Waals surface area contributed by atoms with Gasteiger partial charge in [-0.25, -0.2) is 0 Å². The Labute approximate surface area is 144 Å². The van der Waals surface area contributed by atoms with Gasteiger partial charge in [-0.3, -0.25) is 9.59 Å². The second-order valence-electron chi connectivity index (χ2n) is 9.27. The summed E-state index contributed by atoms with van der Waals surface area (Å²) in [6.07, 6.45) is 10.3. The quantitative estimate of drug-likeness (QED) is 0.840. The molecule has 0 amide bonds. The highest BCUT2D eigenvalue weighted by atomic mass is 16.3. The van der Waals surface area contributed by atoms with E-state index in [1.54, 1.807) is 0 Å². The zero-order valence-electron chi connectivity index (χ0n) is 15.0. The summed E-state index contributed by atoms with van der Waals surface area (Å²) in [5.74, 6) is 2.42. The summed E-state index contributed by atoms with van der Waals surface area (Å²) in [6, 6.07) is 0. The Morgan fingerprint density at radius 3 is 2.67 bits per heavy atom. The van der Waals surface area contributed by atoms with Crippen molar-refractivity contribution < 1.29 is 14.7 Å². The molecule has 4 aliphatic rings. The highest BCUT2D eigenvalue weighted by Crippen LogP contribution is 2.66. The molecule has 0 spiro atoms. The molecule has 0 unspecified atom stereocenters. The van der Waals surface area contributed by atoms with E-state index in [-0.39, 0.29) is 29.1 Å². The minimum Gasteiger partial charge on any atom is -0.389 e. The molecule has 4 rings (SSSR count). The first-order valence-electron chi connectivity index (χ1n) is 9.77. The Kier molecular flexibility index (Phi) is 3.80. The largest absolute Gasteiger partial charge is 0.389 e. The number of allylic oxidation sites excluding steroid dienone is 1. The summed E-state index contributed by atoms with van der Waals surface area (Å²) < 4.78 is 0. The van der Waals surface area contributed by atoms with Crippen LogP contribution < -0.4 is 0 Å². The Hall–Kier alpha value is -0.960. The third-order valence-electron chi connectivity index (χ3n) is 8.51. The number of Topliss-reactive ketones (excluding diaryl/α,β-unsaturated/α-hetero) is 1. The number of rotatable bonds is 2.